The van der Waals surface area contributed by atoms with Crippen LogP contribution in [0.25, 0.3) is 0 Å². The number of nitrogens with one attached hydrogen (secondary N) is 1. The molecule has 12 heteroatoms. The number of ether oxygens (including phenoxy) is 6. The molecule has 2 fully saturated rings. The van der Waals surface area contributed by atoms with Crippen molar-refractivity contribution in [2.45, 2.75) is 102 Å². The van der Waals surface area contributed by atoms with Crippen molar-refractivity contribution in [2.24, 2.45) is 0 Å². The number of esters is 1. The first-order valence-corrected chi connectivity index (χ1v) is 18.7. The van der Waals surface area contributed by atoms with Gasteiger partial charge >= 0.3 is 11.7 Å². The van der Waals surface area contributed by atoms with Crippen LogP contribution >= 0.6 is 0 Å². The quantitative estimate of drug-likeness (QED) is 0.0477. The van der Waals surface area contributed by atoms with Crippen LogP contribution in [0.15, 0.2) is 95.9 Å². The Balaban J connectivity index is 1.22. The molecular weight excluding hydrogens is 690 g/mol. The summed E-state index contributed by atoms with van der Waals surface area (Å²) in [5, 5.41) is 0. The Morgan fingerprint density at radius 3 is 2.02 bits per heavy atom. The highest BCUT2D eigenvalue weighted by atomic mass is 16.8. The number of hydrogen-bond donors (Lipinski definition) is 1. The zero-order valence-corrected chi connectivity index (χ0v) is 31.7. The molecule has 0 radical (unpaired) electrons. The molecule has 12 nitrogen and oxygen atoms in total. The van der Waals surface area contributed by atoms with Crippen LogP contribution in [0, 0.1) is 0 Å². The van der Waals surface area contributed by atoms with E-state index in [0.717, 1.165) is 36.0 Å². The average molecular weight is 742 g/mol. The van der Waals surface area contributed by atoms with E-state index in [9.17, 15) is 9.59 Å². The maximum Gasteiger partial charge on any atom is 0.351 e. The van der Waals surface area contributed by atoms with Gasteiger partial charge in [0.2, 0.25) is 0 Å². The zero-order valence-electron chi connectivity index (χ0n) is 31.7. The molecular formula is C42H51N3O9. The minimum Gasteiger partial charge on any atom is -0.497 e. The Bertz CT molecular complexity index is 1820. The summed E-state index contributed by atoms with van der Waals surface area (Å²) in [5.41, 5.74) is 3.61. The first-order valence-electron chi connectivity index (χ1n) is 18.7. The number of methoxy groups -OCH3 is 2. The number of carbonyl (C=O) groups is 1. The van der Waals surface area contributed by atoms with Gasteiger partial charge in [-0.05, 0) is 67.3 Å². The van der Waals surface area contributed by atoms with Gasteiger partial charge in [0.1, 0.15) is 36.4 Å². The third-order valence-electron chi connectivity index (χ3n) is 9.85. The monoisotopic (exact) mass is 741 g/mol. The summed E-state index contributed by atoms with van der Waals surface area (Å²) in [7, 11) is 3.23. The highest BCUT2D eigenvalue weighted by molar-refractivity contribution is 5.69. The lowest BCUT2D eigenvalue weighted by molar-refractivity contribution is -0.203. The van der Waals surface area contributed by atoms with E-state index in [2.05, 4.69) is 17.4 Å². The largest absolute Gasteiger partial charge is 0.497 e. The lowest BCUT2D eigenvalue weighted by Gasteiger charge is -2.35. The maximum atomic E-state index is 13.7. The molecule has 1 aromatic heterocycles. The maximum absolute atomic E-state index is 13.7. The van der Waals surface area contributed by atoms with E-state index >= 15 is 0 Å². The van der Waals surface area contributed by atoms with E-state index in [0.29, 0.717) is 17.9 Å². The van der Waals surface area contributed by atoms with Crippen LogP contribution in [0.3, 0.4) is 0 Å². The zero-order chi connectivity index (χ0) is 38.1. The van der Waals surface area contributed by atoms with Crippen LogP contribution in [0.5, 0.6) is 11.5 Å². The molecule has 1 unspecified atom stereocenters. The van der Waals surface area contributed by atoms with Gasteiger partial charge in [-0.25, -0.2) is 10.3 Å². The van der Waals surface area contributed by atoms with Gasteiger partial charge in [-0.15, -0.1) is 0 Å². The number of nitrogens with zero attached hydrogens (tertiary/aromatic N) is 2. The summed E-state index contributed by atoms with van der Waals surface area (Å²) in [4.78, 5) is 37.3. The topological polar surface area (TPSA) is 129 Å². The number of rotatable bonds is 18. The second-order valence-electron chi connectivity index (χ2n) is 14.0. The van der Waals surface area contributed by atoms with Gasteiger partial charge in [0, 0.05) is 12.6 Å². The number of aromatic nitrogens is 2. The van der Waals surface area contributed by atoms with Gasteiger partial charge in [-0.3, -0.25) is 14.2 Å². The van der Waals surface area contributed by atoms with E-state index in [1.165, 1.54) is 23.8 Å². The van der Waals surface area contributed by atoms with Gasteiger partial charge < -0.3 is 28.4 Å². The van der Waals surface area contributed by atoms with Crippen LogP contribution < -0.4 is 20.6 Å². The third kappa shape index (κ3) is 8.79. The molecule has 0 aliphatic carbocycles. The molecule has 0 saturated carbocycles. The Labute approximate surface area is 316 Å². The lowest BCUT2D eigenvalue weighted by atomic mass is 9.80. The van der Waals surface area contributed by atoms with Crippen molar-refractivity contribution < 1.29 is 38.1 Å². The second kappa shape index (κ2) is 17.6. The van der Waals surface area contributed by atoms with Gasteiger partial charge in [-0.1, -0.05) is 93.6 Å². The Hall–Kier alpha value is -4.75. The molecule has 2 aliphatic heterocycles. The minimum atomic E-state index is -1.20. The molecule has 2 aliphatic rings. The molecule has 2 saturated heterocycles. The van der Waals surface area contributed by atoms with Crippen LogP contribution in [0.2, 0.25) is 0 Å². The molecule has 4 aromatic rings. The van der Waals surface area contributed by atoms with E-state index in [-0.39, 0.29) is 18.4 Å². The molecule has 4 atom stereocenters. The van der Waals surface area contributed by atoms with Gasteiger partial charge in [0.05, 0.1) is 14.2 Å². The van der Waals surface area contributed by atoms with E-state index in [1.807, 2.05) is 78.9 Å². The molecule has 3 aromatic carbocycles. The van der Waals surface area contributed by atoms with E-state index in [4.69, 9.17) is 33.3 Å². The SMILES string of the molecule is CCCCCCCCC(=O)OC[C@H]1O[C@@H](n2ccc(NOC(c3ccccc3)(c3ccc(OC)cc3)c3ccc(OC)cc3)nc2=O)[C@H]2OC(C)(C)OC12. The summed E-state index contributed by atoms with van der Waals surface area (Å²) >= 11 is 0. The number of carbonyl (C=O) groups excluding carboxylic acids is 1. The normalized spacial score (nSPS) is 20.3. The fourth-order valence-electron chi connectivity index (χ4n) is 7.11. The molecule has 288 valence electrons. The van der Waals surface area contributed by atoms with Crippen molar-refractivity contribution in [1.29, 1.82) is 0 Å². The fraction of sp³-hybridized carbons (Fsp3) is 0.452. The number of anilines is 1. The van der Waals surface area contributed by atoms with Crippen molar-refractivity contribution in [1.82, 2.24) is 9.55 Å². The number of unbranched alkanes of at least 4 members (excludes halogenated alkanes) is 5. The molecule has 1 N–H and O–H groups in total. The summed E-state index contributed by atoms with van der Waals surface area (Å²) in [5.74, 6) is 0.362. The predicted octanol–water partition coefficient (Wildman–Crippen LogP) is 7.31. The molecule has 0 amide bonds. The van der Waals surface area contributed by atoms with Gasteiger partial charge in [0.25, 0.3) is 0 Å². The van der Waals surface area contributed by atoms with E-state index < -0.39 is 41.6 Å². The number of benzene rings is 3. The first-order chi connectivity index (χ1) is 26.2. The number of hydrogen-bond acceptors (Lipinski definition) is 11. The number of fused-ring (bicyclic) bond motifs is 1. The van der Waals surface area contributed by atoms with Gasteiger partial charge in [-0.2, -0.15) is 4.98 Å². The van der Waals surface area contributed by atoms with Crippen molar-refractivity contribution in [3.05, 3.63) is 118 Å². The van der Waals surface area contributed by atoms with Crippen molar-refractivity contribution in [2.75, 3.05) is 26.3 Å². The Kier molecular flexibility index (Phi) is 12.7. The summed E-state index contributed by atoms with van der Waals surface area (Å²) in [6, 6.07) is 26.6. The molecule has 0 spiro atoms. The van der Waals surface area contributed by atoms with Crippen LogP contribution in [0.4, 0.5) is 5.82 Å². The fourth-order valence-corrected chi connectivity index (χ4v) is 7.11. The highest BCUT2D eigenvalue weighted by Crippen LogP contribution is 2.44. The lowest BCUT2D eigenvalue weighted by Crippen LogP contribution is -2.37. The predicted molar refractivity (Wildman–Crippen MR) is 202 cm³/mol. The molecule has 54 heavy (non-hydrogen) atoms. The first kappa shape index (κ1) is 39.0. The van der Waals surface area contributed by atoms with Crippen molar-refractivity contribution in [3.63, 3.8) is 0 Å². The van der Waals surface area contributed by atoms with Gasteiger partial charge in [0.15, 0.2) is 23.4 Å². The Morgan fingerprint density at radius 2 is 1.41 bits per heavy atom. The van der Waals surface area contributed by atoms with Crippen LogP contribution in [0.1, 0.15) is 88.6 Å². The molecule has 3 heterocycles. The van der Waals surface area contributed by atoms with Crippen molar-refractivity contribution in [3.8, 4) is 11.5 Å². The van der Waals surface area contributed by atoms with Crippen molar-refractivity contribution >= 4 is 11.8 Å². The Morgan fingerprint density at radius 1 is 0.815 bits per heavy atom. The summed E-state index contributed by atoms with van der Waals surface area (Å²) in [6.45, 7) is 5.78. The third-order valence-corrected chi connectivity index (χ3v) is 9.85. The summed E-state index contributed by atoms with van der Waals surface area (Å²) < 4.78 is 36.6. The minimum absolute atomic E-state index is 0.0142. The summed E-state index contributed by atoms with van der Waals surface area (Å²) in [6.07, 6.45) is 5.70. The van der Waals surface area contributed by atoms with Crippen LogP contribution in [-0.2, 0) is 34.2 Å². The standard InChI is InChI=1S/C42H51N3O9/c1-6-7-8-9-10-14-17-36(46)50-28-34-37-38(53-41(2,3)52-37)39(51-34)45-27-26-35(43-40(45)47)44-54-42(29-15-12-11-13-16-29,30-18-22-32(48-4)23-19-30)31-20-24-33(49-5)25-21-31/h11-13,15-16,18-27,34,37-39H,6-10,14,17,28H2,1-5H3,(H,43,44,47)/t34-,37?,38+,39-/m1/s1. The average Bonchev–Trinajstić information content (AvgIpc) is 3.68. The molecule has 0 bridgehead atoms. The van der Waals surface area contributed by atoms with Crippen LogP contribution in [-0.4, -0.2) is 60.4 Å². The second-order valence-corrected chi connectivity index (χ2v) is 14.0. The smallest absolute Gasteiger partial charge is 0.351 e. The van der Waals surface area contributed by atoms with E-state index in [1.54, 1.807) is 40.3 Å². The molecule has 6 rings (SSSR count). The highest BCUT2D eigenvalue weighted by Gasteiger charge is 2.56.